The van der Waals surface area contributed by atoms with E-state index in [0.717, 1.165) is 29.0 Å². The molecule has 0 bridgehead atoms. The molecule has 0 spiro atoms. The fourth-order valence-corrected chi connectivity index (χ4v) is 2.56. The molecule has 0 saturated heterocycles. The molecule has 0 radical (unpaired) electrons. The number of rotatable bonds is 7. The van der Waals surface area contributed by atoms with Crippen molar-refractivity contribution in [3.8, 4) is 0 Å². The summed E-state index contributed by atoms with van der Waals surface area (Å²) >= 11 is 0. The Morgan fingerprint density at radius 2 is 1.84 bits per heavy atom. The first kappa shape index (κ1) is 17.2. The van der Waals surface area contributed by atoms with E-state index < -0.39 is 0 Å². The molecule has 2 aromatic heterocycles. The van der Waals surface area contributed by atoms with E-state index in [0.29, 0.717) is 18.4 Å². The monoisotopic (exact) mass is 339 g/mol. The van der Waals surface area contributed by atoms with E-state index in [1.54, 1.807) is 10.9 Å². The number of nitrogens with zero attached hydrogens (tertiary/aromatic N) is 4. The van der Waals surface area contributed by atoms with Gasteiger partial charge in [-0.2, -0.15) is 15.1 Å². The van der Waals surface area contributed by atoms with E-state index in [1.807, 2.05) is 37.4 Å². The maximum absolute atomic E-state index is 6.25. The molecule has 0 aliphatic rings. The van der Waals surface area contributed by atoms with Gasteiger partial charge in [-0.15, -0.1) is 0 Å². The van der Waals surface area contributed by atoms with Gasteiger partial charge in [0.2, 0.25) is 5.95 Å². The lowest BCUT2D eigenvalue weighted by Gasteiger charge is -2.15. The van der Waals surface area contributed by atoms with Crippen LogP contribution < -0.4 is 16.4 Å². The van der Waals surface area contributed by atoms with Crippen LogP contribution in [-0.4, -0.2) is 32.8 Å². The summed E-state index contributed by atoms with van der Waals surface area (Å²) in [6.07, 6.45) is 1.79. The molecule has 3 rings (SSSR count). The first-order valence-electron chi connectivity index (χ1n) is 8.52. The maximum atomic E-state index is 6.25. The number of hydrogen-bond donors (Lipinski definition) is 3. The van der Waals surface area contributed by atoms with Crippen molar-refractivity contribution in [3.63, 3.8) is 0 Å². The van der Waals surface area contributed by atoms with E-state index >= 15 is 0 Å². The summed E-state index contributed by atoms with van der Waals surface area (Å²) in [5, 5.41) is 11.8. The van der Waals surface area contributed by atoms with Gasteiger partial charge in [-0.25, -0.2) is 0 Å². The second-order valence-corrected chi connectivity index (χ2v) is 6.57. The predicted molar refractivity (Wildman–Crippen MR) is 101 cm³/mol. The van der Waals surface area contributed by atoms with Crippen molar-refractivity contribution in [2.45, 2.75) is 19.9 Å². The molecule has 7 nitrogen and oxygen atoms in total. The van der Waals surface area contributed by atoms with Gasteiger partial charge < -0.3 is 16.4 Å². The lowest BCUT2D eigenvalue weighted by molar-refractivity contribution is 0.687. The van der Waals surface area contributed by atoms with Crippen LogP contribution in [0, 0.1) is 5.92 Å². The summed E-state index contributed by atoms with van der Waals surface area (Å²) in [5.74, 6) is 1.86. The van der Waals surface area contributed by atoms with Crippen LogP contribution in [0.25, 0.3) is 11.0 Å². The number of aryl methyl sites for hydroxylation is 1. The average Bonchev–Trinajstić information content (AvgIpc) is 2.99. The number of hydrogen-bond acceptors (Lipinski definition) is 6. The van der Waals surface area contributed by atoms with E-state index in [-0.39, 0.29) is 6.04 Å². The van der Waals surface area contributed by atoms with Crippen LogP contribution in [0.3, 0.4) is 0 Å². The highest BCUT2D eigenvalue weighted by molar-refractivity contribution is 5.87. The van der Waals surface area contributed by atoms with Crippen molar-refractivity contribution < 1.29 is 0 Å². The Morgan fingerprint density at radius 3 is 2.56 bits per heavy atom. The number of fused-ring (bicyclic) bond motifs is 1. The number of anilines is 2. The summed E-state index contributed by atoms with van der Waals surface area (Å²) in [6, 6.07) is 9.87. The molecule has 0 fully saturated rings. The third kappa shape index (κ3) is 4.06. The molecular weight excluding hydrogens is 314 g/mol. The number of nitrogens with two attached hydrogens (primary N) is 1. The lowest BCUT2D eigenvalue weighted by Crippen LogP contribution is -2.22. The van der Waals surface area contributed by atoms with Crippen molar-refractivity contribution in [1.29, 1.82) is 0 Å². The fraction of sp³-hybridized carbons (Fsp3) is 0.389. The highest BCUT2D eigenvalue weighted by atomic mass is 15.3. The summed E-state index contributed by atoms with van der Waals surface area (Å²) in [4.78, 5) is 9.18. The predicted octanol–water partition coefficient (Wildman–Crippen LogP) is 2.54. The maximum Gasteiger partial charge on any atom is 0.226 e. The van der Waals surface area contributed by atoms with Gasteiger partial charge in [0.25, 0.3) is 0 Å². The van der Waals surface area contributed by atoms with E-state index in [2.05, 4.69) is 39.5 Å². The zero-order valence-corrected chi connectivity index (χ0v) is 14.9. The molecule has 2 heterocycles. The standard InChI is InChI=1S/C18H25N7/c1-12(2)9-20-16-14-10-22-25(3)17(14)24-18(23-16)21-11-15(19)13-7-5-4-6-8-13/h4-8,10,12,15H,9,11,19H2,1-3H3,(H2,20,21,23,24)/t15-/m0/s1. The molecule has 4 N–H and O–H groups in total. The van der Waals surface area contributed by atoms with Crippen LogP contribution in [-0.2, 0) is 7.05 Å². The van der Waals surface area contributed by atoms with Crippen molar-refractivity contribution >= 4 is 22.8 Å². The minimum Gasteiger partial charge on any atom is -0.369 e. The lowest BCUT2D eigenvalue weighted by atomic mass is 10.1. The van der Waals surface area contributed by atoms with Crippen LogP contribution in [0.4, 0.5) is 11.8 Å². The quantitative estimate of drug-likeness (QED) is 0.612. The molecule has 0 saturated carbocycles. The largest absolute Gasteiger partial charge is 0.369 e. The molecule has 1 aromatic carbocycles. The fourth-order valence-electron chi connectivity index (χ4n) is 2.56. The minimum atomic E-state index is -0.126. The van der Waals surface area contributed by atoms with E-state index in [4.69, 9.17) is 5.73 Å². The van der Waals surface area contributed by atoms with Crippen LogP contribution in [0.15, 0.2) is 36.5 Å². The molecular formula is C18H25N7. The normalized spacial score (nSPS) is 12.5. The molecule has 3 aromatic rings. The van der Waals surface area contributed by atoms with Crippen molar-refractivity contribution in [1.82, 2.24) is 19.7 Å². The Morgan fingerprint density at radius 1 is 1.08 bits per heavy atom. The van der Waals surface area contributed by atoms with Gasteiger partial charge >= 0.3 is 0 Å². The number of aromatic nitrogens is 4. The van der Waals surface area contributed by atoms with Gasteiger partial charge in [0.1, 0.15) is 5.82 Å². The van der Waals surface area contributed by atoms with Crippen LogP contribution >= 0.6 is 0 Å². The van der Waals surface area contributed by atoms with Crippen LogP contribution in [0.5, 0.6) is 0 Å². The third-order valence-electron chi connectivity index (χ3n) is 3.98. The molecule has 0 amide bonds. The smallest absolute Gasteiger partial charge is 0.226 e. The molecule has 132 valence electrons. The number of benzene rings is 1. The Balaban J connectivity index is 1.79. The second-order valence-electron chi connectivity index (χ2n) is 6.57. The Kier molecular flexibility index (Phi) is 5.14. The zero-order chi connectivity index (χ0) is 17.8. The second kappa shape index (κ2) is 7.48. The molecule has 0 unspecified atom stereocenters. The molecule has 0 aliphatic carbocycles. The molecule has 7 heteroatoms. The topological polar surface area (TPSA) is 93.7 Å². The summed E-state index contributed by atoms with van der Waals surface area (Å²) < 4.78 is 1.75. The van der Waals surface area contributed by atoms with Gasteiger partial charge in [0.15, 0.2) is 5.65 Å². The Hall–Kier alpha value is -2.67. The van der Waals surface area contributed by atoms with Gasteiger partial charge in [-0.3, -0.25) is 4.68 Å². The summed E-state index contributed by atoms with van der Waals surface area (Å²) in [6.45, 7) is 5.71. The summed E-state index contributed by atoms with van der Waals surface area (Å²) in [7, 11) is 1.88. The van der Waals surface area contributed by atoms with Crippen molar-refractivity contribution in [2.24, 2.45) is 18.7 Å². The van der Waals surface area contributed by atoms with Gasteiger partial charge in [-0.05, 0) is 11.5 Å². The molecule has 0 aliphatic heterocycles. The molecule has 1 atom stereocenters. The van der Waals surface area contributed by atoms with Gasteiger partial charge in [0, 0.05) is 26.2 Å². The van der Waals surface area contributed by atoms with E-state index in [9.17, 15) is 0 Å². The first-order chi connectivity index (χ1) is 12.0. The zero-order valence-electron chi connectivity index (χ0n) is 14.9. The highest BCUT2D eigenvalue weighted by Gasteiger charge is 2.13. The minimum absolute atomic E-state index is 0.126. The Bertz CT molecular complexity index is 826. The van der Waals surface area contributed by atoms with Crippen LogP contribution in [0.1, 0.15) is 25.5 Å². The number of nitrogens with one attached hydrogen (secondary N) is 2. The SMILES string of the molecule is CC(C)CNc1nc(NC[C@H](N)c2ccccc2)nc2c1cnn2C. The van der Waals surface area contributed by atoms with Crippen molar-refractivity contribution in [2.75, 3.05) is 23.7 Å². The first-order valence-corrected chi connectivity index (χ1v) is 8.52. The highest BCUT2D eigenvalue weighted by Crippen LogP contribution is 2.22. The molecule has 25 heavy (non-hydrogen) atoms. The van der Waals surface area contributed by atoms with Crippen LogP contribution in [0.2, 0.25) is 0 Å². The van der Waals surface area contributed by atoms with Gasteiger partial charge in [0.05, 0.1) is 11.6 Å². The third-order valence-corrected chi connectivity index (χ3v) is 3.98. The average molecular weight is 339 g/mol. The Labute approximate surface area is 147 Å². The summed E-state index contributed by atoms with van der Waals surface area (Å²) in [5.41, 5.74) is 8.12. The van der Waals surface area contributed by atoms with E-state index in [1.165, 1.54) is 0 Å². The van der Waals surface area contributed by atoms with Crippen molar-refractivity contribution in [3.05, 3.63) is 42.1 Å². The van der Waals surface area contributed by atoms with Gasteiger partial charge in [-0.1, -0.05) is 44.2 Å².